The van der Waals surface area contributed by atoms with Crippen LogP contribution >= 0.6 is 22.9 Å². The predicted octanol–water partition coefficient (Wildman–Crippen LogP) is 5.44. The zero-order chi connectivity index (χ0) is 17.2. The first kappa shape index (κ1) is 16.3. The van der Waals surface area contributed by atoms with E-state index in [0.29, 0.717) is 5.02 Å². The molecule has 25 heavy (non-hydrogen) atoms. The molecule has 1 atom stereocenters. The van der Waals surface area contributed by atoms with Crippen molar-refractivity contribution in [2.45, 2.75) is 18.9 Å². The maximum Gasteiger partial charge on any atom is 0.264 e. The number of aromatic nitrogens is 1. The molecule has 0 unspecified atom stereocenters. The highest BCUT2D eigenvalue weighted by molar-refractivity contribution is 7.17. The Morgan fingerprint density at radius 2 is 1.84 bits per heavy atom. The number of thiophene rings is 1. The number of halogens is 1. The fourth-order valence-corrected chi connectivity index (χ4v) is 4.40. The molecule has 0 bridgehead atoms. The van der Waals surface area contributed by atoms with E-state index in [1.807, 2.05) is 53.4 Å². The zero-order valence-electron chi connectivity index (χ0n) is 13.6. The normalized spacial score (nSPS) is 17.0. The lowest BCUT2D eigenvalue weighted by Gasteiger charge is -2.24. The highest BCUT2D eigenvalue weighted by atomic mass is 35.5. The van der Waals surface area contributed by atoms with E-state index in [-0.39, 0.29) is 11.9 Å². The average molecular weight is 369 g/mol. The molecule has 126 valence electrons. The third-order valence-electron chi connectivity index (χ3n) is 4.55. The fraction of sp³-hybridized carbons (Fsp3) is 0.200. The van der Waals surface area contributed by atoms with Crippen LogP contribution < -0.4 is 0 Å². The van der Waals surface area contributed by atoms with Gasteiger partial charge in [0, 0.05) is 28.8 Å². The summed E-state index contributed by atoms with van der Waals surface area (Å²) >= 11 is 7.49. The Bertz CT molecular complexity index is 876. The number of hydrogen-bond acceptors (Lipinski definition) is 3. The minimum atomic E-state index is 0.115. The van der Waals surface area contributed by atoms with Gasteiger partial charge in [-0.15, -0.1) is 11.3 Å². The largest absolute Gasteiger partial charge is 0.331 e. The van der Waals surface area contributed by atoms with Crippen LogP contribution in [0.1, 0.15) is 34.1 Å². The van der Waals surface area contributed by atoms with E-state index >= 15 is 0 Å². The standard InChI is InChI=1S/C20H17ClN2OS/c21-16-5-3-15(4-6-16)18-7-8-19(25-18)20(24)23-13-1-2-17(23)14-9-11-22-12-10-14/h3-12,17H,1-2,13H2/t17-/m1/s1. The molecule has 0 spiro atoms. The Labute approximate surface area is 155 Å². The van der Waals surface area contributed by atoms with Crippen molar-refractivity contribution in [2.24, 2.45) is 0 Å². The van der Waals surface area contributed by atoms with Gasteiger partial charge in [0.2, 0.25) is 0 Å². The zero-order valence-corrected chi connectivity index (χ0v) is 15.1. The maximum atomic E-state index is 13.0. The van der Waals surface area contributed by atoms with Crippen molar-refractivity contribution in [3.8, 4) is 10.4 Å². The van der Waals surface area contributed by atoms with Gasteiger partial charge in [0.25, 0.3) is 5.91 Å². The molecular formula is C20H17ClN2OS. The van der Waals surface area contributed by atoms with Gasteiger partial charge in [-0.25, -0.2) is 0 Å². The number of rotatable bonds is 3. The van der Waals surface area contributed by atoms with Gasteiger partial charge in [0.1, 0.15) is 0 Å². The van der Waals surface area contributed by atoms with Crippen LogP contribution in [-0.4, -0.2) is 22.3 Å². The molecule has 5 heteroatoms. The monoisotopic (exact) mass is 368 g/mol. The van der Waals surface area contributed by atoms with Gasteiger partial charge < -0.3 is 4.90 Å². The molecule has 0 radical (unpaired) electrons. The molecule has 1 saturated heterocycles. The van der Waals surface area contributed by atoms with E-state index in [4.69, 9.17) is 11.6 Å². The van der Waals surface area contributed by atoms with Gasteiger partial charge in [-0.1, -0.05) is 23.7 Å². The molecule has 1 aliphatic rings. The van der Waals surface area contributed by atoms with Crippen molar-refractivity contribution in [2.75, 3.05) is 6.54 Å². The quantitative estimate of drug-likeness (QED) is 0.616. The summed E-state index contributed by atoms with van der Waals surface area (Å²) in [7, 11) is 0. The van der Waals surface area contributed by atoms with Gasteiger partial charge in [-0.2, -0.15) is 0 Å². The lowest BCUT2D eigenvalue weighted by atomic mass is 10.1. The third kappa shape index (κ3) is 3.32. The molecule has 0 saturated carbocycles. The van der Waals surface area contributed by atoms with E-state index < -0.39 is 0 Å². The Kier molecular flexibility index (Phi) is 4.55. The first-order chi connectivity index (χ1) is 12.2. The Morgan fingerprint density at radius 1 is 1.08 bits per heavy atom. The Morgan fingerprint density at radius 3 is 2.60 bits per heavy atom. The molecule has 1 amide bonds. The summed E-state index contributed by atoms with van der Waals surface area (Å²) in [5.41, 5.74) is 2.25. The second-order valence-corrected chi connectivity index (χ2v) is 7.63. The molecule has 4 rings (SSSR count). The topological polar surface area (TPSA) is 33.2 Å². The Balaban J connectivity index is 1.58. The van der Waals surface area contributed by atoms with E-state index in [2.05, 4.69) is 4.98 Å². The van der Waals surface area contributed by atoms with E-state index in [0.717, 1.165) is 40.3 Å². The Hall–Kier alpha value is -2.17. The van der Waals surface area contributed by atoms with Gasteiger partial charge in [0.05, 0.1) is 10.9 Å². The number of amides is 1. The lowest BCUT2D eigenvalue weighted by molar-refractivity contribution is 0.0740. The summed E-state index contributed by atoms with van der Waals surface area (Å²) in [6.07, 6.45) is 5.62. The molecule has 1 aromatic carbocycles. The smallest absolute Gasteiger partial charge is 0.264 e. The number of likely N-dealkylation sites (tertiary alicyclic amines) is 1. The fourth-order valence-electron chi connectivity index (χ4n) is 3.31. The number of carbonyl (C=O) groups excluding carboxylic acids is 1. The predicted molar refractivity (Wildman–Crippen MR) is 102 cm³/mol. The first-order valence-electron chi connectivity index (χ1n) is 8.29. The molecule has 0 aliphatic carbocycles. The van der Waals surface area contributed by atoms with Crippen LogP contribution in [0.3, 0.4) is 0 Å². The summed E-state index contributed by atoms with van der Waals surface area (Å²) in [4.78, 5) is 21.0. The van der Waals surface area contributed by atoms with Crippen LogP contribution in [0.5, 0.6) is 0 Å². The SMILES string of the molecule is O=C(c1ccc(-c2ccc(Cl)cc2)s1)N1CCC[C@@H]1c1ccncc1. The van der Waals surface area contributed by atoms with E-state index in [1.54, 1.807) is 12.4 Å². The summed E-state index contributed by atoms with van der Waals surface area (Å²) < 4.78 is 0. The molecule has 3 heterocycles. The lowest BCUT2D eigenvalue weighted by Crippen LogP contribution is -2.29. The van der Waals surface area contributed by atoms with Crippen LogP contribution in [0.2, 0.25) is 5.02 Å². The molecule has 0 N–H and O–H groups in total. The summed E-state index contributed by atoms with van der Waals surface area (Å²) in [6.45, 7) is 0.806. The van der Waals surface area contributed by atoms with Gasteiger partial charge >= 0.3 is 0 Å². The highest BCUT2D eigenvalue weighted by Crippen LogP contribution is 2.35. The average Bonchev–Trinajstić information content (AvgIpc) is 3.32. The van der Waals surface area contributed by atoms with Crippen molar-refractivity contribution >= 4 is 28.8 Å². The minimum Gasteiger partial charge on any atom is -0.331 e. The van der Waals surface area contributed by atoms with Crippen molar-refractivity contribution in [1.82, 2.24) is 9.88 Å². The number of carbonyl (C=O) groups is 1. The van der Waals surface area contributed by atoms with Crippen LogP contribution in [0.4, 0.5) is 0 Å². The molecule has 3 nitrogen and oxygen atoms in total. The molecule has 2 aromatic heterocycles. The number of benzene rings is 1. The van der Waals surface area contributed by atoms with Gasteiger partial charge in [-0.3, -0.25) is 9.78 Å². The van der Waals surface area contributed by atoms with E-state index in [1.165, 1.54) is 11.3 Å². The molecule has 1 fully saturated rings. The maximum absolute atomic E-state index is 13.0. The second-order valence-electron chi connectivity index (χ2n) is 6.11. The van der Waals surface area contributed by atoms with Crippen LogP contribution in [0.15, 0.2) is 60.9 Å². The number of hydrogen-bond donors (Lipinski definition) is 0. The van der Waals surface area contributed by atoms with Crippen molar-refractivity contribution < 1.29 is 4.79 Å². The summed E-state index contributed by atoms with van der Waals surface area (Å²) in [5.74, 6) is 0.115. The first-order valence-corrected chi connectivity index (χ1v) is 9.48. The van der Waals surface area contributed by atoms with Crippen LogP contribution in [0, 0.1) is 0 Å². The van der Waals surface area contributed by atoms with Gasteiger partial charge in [0.15, 0.2) is 0 Å². The third-order valence-corrected chi connectivity index (χ3v) is 5.92. The molecular weight excluding hydrogens is 352 g/mol. The van der Waals surface area contributed by atoms with E-state index in [9.17, 15) is 4.79 Å². The molecule has 3 aromatic rings. The number of pyridine rings is 1. The summed E-state index contributed by atoms with van der Waals surface area (Å²) in [5, 5.41) is 0.717. The van der Waals surface area contributed by atoms with Crippen LogP contribution in [-0.2, 0) is 0 Å². The van der Waals surface area contributed by atoms with Gasteiger partial charge in [-0.05, 0) is 60.4 Å². The van der Waals surface area contributed by atoms with Crippen LogP contribution in [0.25, 0.3) is 10.4 Å². The second kappa shape index (κ2) is 6.98. The van der Waals surface area contributed by atoms with Crippen molar-refractivity contribution in [1.29, 1.82) is 0 Å². The van der Waals surface area contributed by atoms with Crippen molar-refractivity contribution in [3.63, 3.8) is 0 Å². The minimum absolute atomic E-state index is 0.115. The number of nitrogens with zero attached hydrogens (tertiary/aromatic N) is 2. The molecule has 1 aliphatic heterocycles. The highest BCUT2D eigenvalue weighted by Gasteiger charge is 2.31. The van der Waals surface area contributed by atoms with Crippen molar-refractivity contribution in [3.05, 3.63) is 76.4 Å². The summed E-state index contributed by atoms with van der Waals surface area (Å²) in [6, 6.07) is 15.8.